The Labute approximate surface area is 319 Å². The van der Waals surface area contributed by atoms with E-state index in [2.05, 4.69) is 107 Å². The maximum atomic E-state index is 9.09. The van der Waals surface area contributed by atoms with Crippen LogP contribution < -0.4 is 5.19 Å². The van der Waals surface area contributed by atoms with Crippen molar-refractivity contribution in [1.82, 2.24) is 9.97 Å². The average Bonchev–Trinajstić information content (AvgIpc) is 3.77. The number of aromatic nitrogens is 2. The molecule has 2 saturated carbocycles. The number of pyridine rings is 2. The first-order valence-electron chi connectivity index (χ1n) is 19.3. The largest absolute Gasteiger partial charge is 0.305 e. The summed E-state index contributed by atoms with van der Waals surface area (Å²) in [6, 6.07) is 35.6. The molecule has 2 heterocycles. The Morgan fingerprint density at radius 2 is 1.34 bits per heavy atom. The maximum absolute atomic E-state index is 9.09. The van der Waals surface area contributed by atoms with Gasteiger partial charge in [0.15, 0.2) is 0 Å². The molecule has 3 aromatic carbocycles. The third kappa shape index (κ3) is 9.78. The van der Waals surface area contributed by atoms with E-state index in [-0.39, 0.29) is 25.5 Å². The summed E-state index contributed by atoms with van der Waals surface area (Å²) in [5.74, 6) is -1.02. The van der Waals surface area contributed by atoms with Crippen molar-refractivity contribution in [3.63, 3.8) is 0 Å². The Morgan fingerprint density at radius 3 is 1.98 bits per heavy atom. The molecular formula is C46H54IrN2Si-2. The van der Waals surface area contributed by atoms with E-state index in [1.165, 1.54) is 10.8 Å². The molecule has 5 aromatic rings. The van der Waals surface area contributed by atoms with Gasteiger partial charge in [-0.15, -0.1) is 71.3 Å². The quantitative estimate of drug-likeness (QED) is 0.120. The Balaban J connectivity index is 0.000000210. The van der Waals surface area contributed by atoms with Crippen LogP contribution in [0, 0.1) is 17.5 Å². The van der Waals surface area contributed by atoms with Crippen molar-refractivity contribution in [3.8, 4) is 33.6 Å². The SMILES string of the molecule is CC(C)(C)Cc1cc(-c2[c-]cccc2)ncc1[Si](C)(C)C.[2H]C1(c2cc[c-]c(-c3cc(-c4ccccc4)c(C4([2H])CCCC4)cn3)c2)CCCC1.[Ir]. The van der Waals surface area contributed by atoms with Gasteiger partial charge in [0, 0.05) is 35.2 Å². The monoisotopic (exact) mass is 857 g/mol. The van der Waals surface area contributed by atoms with Gasteiger partial charge in [0.2, 0.25) is 0 Å². The average molecular weight is 857 g/mol. The van der Waals surface area contributed by atoms with Crippen LogP contribution >= 0.6 is 0 Å². The van der Waals surface area contributed by atoms with Gasteiger partial charge in [-0.2, -0.15) is 0 Å². The molecule has 0 N–H and O–H groups in total. The summed E-state index contributed by atoms with van der Waals surface area (Å²) in [4.78, 5) is 9.51. The summed E-state index contributed by atoms with van der Waals surface area (Å²) in [7, 11) is -1.37. The van der Waals surface area contributed by atoms with Gasteiger partial charge in [0.25, 0.3) is 0 Å². The fourth-order valence-corrected chi connectivity index (χ4v) is 8.90. The van der Waals surface area contributed by atoms with E-state index >= 15 is 0 Å². The molecule has 0 bridgehead atoms. The molecule has 0 atom stereocenters. The normalized spacial score (nSPS) is 17.2. The predicted octanol–water partition coefficient (Wildman–Crippen LogP) is 12.2. The first-order valence-corrected chi connectivity index (χ1v) is 21.8. The zero-order valence-electron chi connectivity index (χ0n) is 32.8. The van der Waals surface area contributed by atoms with Crippen LogP contribution in [-0.2, 0) is 26.5 Å². The molecule has 1 radical (unpaired) electrons. The zero-order valence-corrected chi connectivity index (χ0v) is 34.2. The van der Waals surface area contributed by atoms with Crippen molar-refractivity contribution in [3.05, 3.63) is 126 Å². The van der Waals surface area contributed by atoms with Crippen molar-refractivity contribution in [1.29, 1.82) is 0 Å². The van der Waals surface area contributed by atoms with E-state index in [0.29, 0.717) is 0 Å². The number of hydrogen-bond acceptors (Lipinski definition) is 2. The molecule has 0 amide bonds. The second-order valence-electron chi connectivity index (χ2n) is 16.1. The van der Waals surface area contributed by atoms with E-state index in [1.807, 2.05) is 42.6 Å². The van der Waals surface area contributed by atoms with Crippen LogP contribution in [0.25, 0.3) is 33.6 Å². The van der Waals surface area contributed by atoms with Gasteiger partial charge in [-0.1, -0.05) is 114 Å². The Morgan fingerprint density at radius 1 is 0.720 bits per heavy atom. The maximum Gasteiger partial charge on any atom is 0.0798 e. The van der Waals surface area contributed by atoms with Gasteiger partial charge in [-0.05, 0) is 82.6 Å². The van der Waals surface area contributed by atoms with E-state index in [4.69, 9.17) is 12.7 Å². The van der Waals surface area contributed by atoms with Crippen molar-refractivity contribution in [2.45, 2.75) is 110 Å². The molecule has 0 aliphatic heterocycles. The third-order valence-corrected chi connectivity index (χ3v) is 11.8. The summed E-state index contributed by atoms with van der Waals surface area (Å²) < 4.78 is 18.0. The third-order valence-electron chi connectivity index (χ3n) is 9.77. The Bertz CT molecular complexity index is 1920. The molecule has 50 heavy (non-hydrogen) atoms. The minimum atomic E-state index is -1.37. The van der Waals surface area contributed by atoms with Crippen molar-refractivity contribution < 1.29 is 22.8 Å². The second-order valence-corrected chi connectivity index (χ2v) is 21.1. The van der Waals surface area contributed by atoms with Crippen molar-refractivity contribution in [2.24, 2.45) is 5.41 Å². The van der Waals surface area contributed by atoms with Gasteiger partial charge < -0.3 is 9.97 Å². The number of nitrogens with zero attached hydrogens (tertiary/aromatic N) is 2. The molecule has 0 saturated heterocycles. The van der Waals surface area contributed by atoms with E-state index in [0.717, 1.165) is 103 Å². The van der Waals surface area contributed by atoms with Crippen molar-refractivity contribution >= 4 is 13.3 Å². The van der Waals surface area contributed by atoms with E-state index < -0.39 is 19.9 Å². The molecule has 2 fully saturated rings. The standard InChI is InChI=1S/C27H28N.C19H26NSi.Ir/c1-2-11-21(12-3-1)25-18-27(28-19-26(25)22-13-6-7-14-22)24-16-8-15-23(17-24)20-9-4-5-10-20;1-19(2,3)13-16-12-17(15-10-8-7-9-11-15)20-14-18(16)21(4,5)6;/h1-3,8,11-12,15,17-20,22H,4-7,9-10,13-14H2;7-10,12,14H,13H2,1-6H3;/q2*-1;/i20D,22D;;. The molecule has 4 heteroatoms. The molecule has 263 valence electrons. The molecular weight excluding hydrogens is 801 g/mol. The van der Waals surface area contributed by atoms with Crippen LogP contribution in [0.2, 0.25) is 19.6 Å². The Kier molecular flexibility index (Phi) is 11.9. The molecule has 2 aromatic heterocycles. The molecule has 0 spiro atoms. The number of hydrogen-bond donors (Lipinski definition) is 0. The minimum absolute atomic E-state index is 0. The van der Waals surface area contributed by atoms with Crippen LogP contribution in [0.5, 0.6) is 0 Å². The summed E-state index contributed by atoms with van der Waals surface area (Å²) in [6.07, 6.45) is 13.3. The molecule has 2 nitrogen and oxygen atoms in total. The molecule has 2 aliphatic carbocycles. The van der Waals surface area contributed by atoms with Gasteiger partial charge in [-0.25, -0.2) is 0 Å². The topological polar surface area (TPSA) is 25.8 Å². The van der Waals surface area contributed by atoms with E-state index in [1.54, 1.807) is 0 Å². The number of benzene rings is 3. The molecule has 7 rings (SSSR count). The van der Waals surface area contributed by atoms with Crippen molar-refractivity contribution in [2.75, 3.05) is 0 Å². The van der Waals surface area contributed by atoms with Crippen LogP contribution in [-0.4, -0.2) is 18.0 Å². The van der Waals surface area contributed by atoms with Gasteiger partial charge in [0.1, 0.15) is 0 Å². The fraction of sp³-hybridized carbons (Fsp3) is 0.391. The molecule has 0 unspecified atom stereocenters. The molecule has 2 aliphatic rings. The summed E-state index contributed by atoms with van der Waals surface area (Å²) in [6.45, 7) is 14.1. The van der Waals surface area contributed by atoms with Gasteiger partial charge in [0.05, 0.1) is 8.07 Å². The van der Waals surface area contributed by atoms with Crippen LogP contribution in [0.4, 0.5) is 0 Å². The minimum Gasteiger partial charge on any atom is -0.305 e. The number of rotatable bonds is 7. The van der Waals surface area contributed by atoms with Gasteiger partial charge >= 0.3 is 0 Å². The van der Waals surface area contributed by atoms with Crippen LogP contribution in [0.15, 0.2) is 97.3 Å². The summed E-state index contributed by atoms with van der Waals surface area (Å²) in [5.41, 5.74) is 10.1. The smallest absolute Gasteiger partial charge is 0.0798 e. The first-order chi connectivity index (χ1) is 24.2. The predicted molar refractivity (Wildman–Crippen MR) is 211 cm³/mol. The van der Waals surface area contributed by atoms with E-state index in [9.17, 15) is 0 Å². The van der Waals surface area contributed by atoms with Gasteiger partial charge in [-0.3, -0.25) is 0 Å². The Hall–Kier alpha value is -3.17. The van der Waals surface area contributed by atoms with Crippen LogP contribution in [0.1, 0.15) is 103 Å². The summed E-state index contributed by atoms with van der Waals surface area (Å²) in [5, 5.41) is 1.48. The second kappa shape index (κ2) is 16.9. The summed E-state index contributed by atoms with van der Waals surface area (Å²) >= 11 is 0. The van der Waals surface area contributed by atoms with Crippen LogP contribution in [0.3, 0.4) is 0 Å². The fourth-order valence-electron chi connectivity index (χ4n) is 7.33. The zero-order chi connectivity index (χ0) is 36.3. The first kappa shape index (κ1) is 35.2.